The molecule has 0 aliphatic heterocycles. The van der Waals surface area contributed by atoms with Crippen molar-refractivity contribution in [2.45, 2.75) is 52.0 Å². The van der Waals surface area contributed by atoms with Crippen LogP contribution in [0, 0.1) is 12.3 Å². The maximum atomic E-state index is 4.52. The first kappa shape index (κ1) is 12.2. The van der Waals surface area contributed by atoms with Crippen LogP contribution in [0.3, 0.4) is 0 Å². The van der Waals surface area contributed by atoms with Crippen molar-refractivity contribution < 1.29 is 0 Å². The summed E-state index contributed by atoms with van der Waals surface area (Å²) in [6.07, 6.45) is 10.4. The number of nitrogens with zero attached hydrogens (tertiary/aromatic N) is 2. The highest BCUT2D eigenvalue weighted by Gasteiger charge is 2.30. The maximum absolute atomic E-state index is 4.52. The molecule has 1 aliphatic carbocycles. The van der Waals surface area contributed by atoms with E-state index in [-0.39, 0.29) is 0 Å². The Bertz CT molecular complexity index is 324. The molecule has 1 aromatic heterocycles. The van der Waals surface area contributed by atoms with Crippen LogP contribution in [0.5, 0.6) is 0 Å². The Balaban J connectivity index is 2.08. The van der Waals surface area contributed by atoms with E-state index in [9.17, 15) is 0 Å². The summed E-state index contributed by atoms with van der Waals surface area (Å²) in [4.78, 5) is 0. The number of rotatable bonds is 3. The van der Waals surface area contributed by atoms with Gasteiger partial charge in [-0.1, -0.05) is 41.6 Å². The van der Waals surface area contributed by atoms with E-state index in [1.165, 1.54) is 38.5 Å². The van der Waals surface area contributed by atoms with Crippen molar-refractivity contribution in [2.24, 2.45) is 5.41 Å². The molecule has 1 fully saturated rings. The average Bonchev–Trinajstić information content (AvgIpc) is 2.54. The lowest BCUT2D eigenvalue weighted by atomic mass is 9.82. The van der Waals surface area contributed by atoms with Crippen molar-refractivity contribution >= 4 is 15.9 Å². The predicted molar refractivity (Wildman–Crippen MR) is 70.9 cm³/mol. The molecule has 2 nitrogen and oxygen atoms in total. The fourth-order valence-corrected chi connectivity index (χ4v) is 3.45. The second-order valence-corrected chi connectivity index (χ2v) is 5.76. The minimum absolute atomic E-state index is 0.439. The van der Waals surface area contributed by atoms with Crippen molar-refractivity contribution in [3.63, 3.8) is 0 Å². The largest absolute Gasteiger partial charge is 0.272 e. The quantitative estimate of drug-likeness (QED) is 0.608. The second-order valence-electron chi connectivity index (χ2n) is 5.20. The van der Waals surface area contributed by atoms with Gasteiger partial charge in [0, 0.05) is 18.1 Å². The van der Waals surface area contributed by atoms with Crippen LogP contribution in [0.15, 0.2) is 12.3 Å². The average molecular weight is 285 g/mol. The number of hydrogen-bond acceptors (Lipinski definition) is 1. The highest BCUT2D eigenvalue weighted by Crippen LogP contribution is 2.38. The van der Waals surface area contributed by atoms with Gasteiger partial charge in [-0.3, -0.25) is 4.68 Å². The van der Waals surface area contributed by atoms with E-state index in [4.69, 9.17) is 0 Å². The van der Waals surface area contributed by atoms with Gasteiger partial charge in [0.15, 0.2) is 0 Å². The molecule has 0 unspecified atom stereocenters. The van der Waals surface area contributed by atoms with Crippen molar-refractivity contribution in [3.8, 4) is 0 Å². The standard InChI is InChI=1S/C13H21BrN2/c1-12-6-9-16(15-12)11-13(10-14)7-4-2-3-5-8-13/h6,9H,2-5,7-8,10-11H2,1H3. The lowest BCUT2D eigenvalue weighted by molar-refractivity contribution is 0.231. The fraction of sp³-hybridized carbons (Fsp3) is 0.769. The molecule has 3 heteroatoms. The first-order chi connectivity index (χ1) is 7.74. The number of hydrogen-bond donors (Lipinski definition) is 0. The Morgan fingerprint density at radius 3 is 2.50 bits per heavy atom. The van der Waals surface area contributed by atoms with Crippen molar-refractivity contribution in [2.75, 3.05) is 5.33 Å². The molecule has 90 valence electrons. The Morgan fingerprint density at radius 2 is 2.00 bits per heavy atom. The molecule has 1 aliphatic rings. The van der Waals surface area contributed by atoms with E-state index in [0.717, 1.165) is 17.6 Å². The number of alkyl halides is 1. The van der Waals surface area contributed by atoms with Gasteiger partial charge in [-0.2, -0.15) is 5.10 Å². The molecule has 0 radical (unpaired) electrons. The van der Waals surface area contributed by atoms with E-state index in [1.807, 2.05) is 0 Å². The molecule has 0 amide bonds. The molecule has 0 atom stereocenters. The Morgan fingerprint density at radius 1 is 1.31 bits per heavy atom. The smallest absolute Gasteiger partial charge is 0.0593 e. The summed E-state index contributed by atoms with van der Waals surface area (Å²) in [6, 6.07) is 2.10. The fourth-order valence-electron chi connectivity index (χ4n) is 2.71. The van der Waals surface area contributed by atoms with Crippen LogP contribution in [-0.2, 0) is 6.54 Å². The zero-order chi connectivity index (χ0) is 11.4. The monoisotopic (exact) mass is 284 g/mol. The first-order valence-electron chi connectivity index (χ1n) is 6.30. The normalized spacial score (nSPS) is 20.6. The number of halogens is 1. The molecule has 1 aromatic rings. The number of aryl methyl sites for hydroxylation is 1. The molecule has 2 rings (SSSR count). The highest BCUT2D eigenvalue weighted by molar-refractivity contribution is 9.09. The van der Waals surface area contributed by atoms with Gasteiger partial charge in [0.1, 0.15) is 0 Å². The van der Waals surface area contributed by atoms with Crippen LogP contribution in [0.25, 0.3) is 0 Å². The van der Waals surface area contributed by atoms with Gasteiger partial charge in [-0.15, -0.1) is 0 Å². The minimum atomic E-state index is 0.439. The van der Waals surface area contributed by atoms with Gasteiger partial charge >= 0.3 is 0 Å². The van der Waals surface area contributed by atoms with Gasteiger partial charge in [0.2, 0.25) is 0 Å². The van der Waals surface area contributed by atoms with Crippen molar-refractivity contribution in [1.82, 2.24) is 9.78 Å². The highest BCUT2D eigenvalue weighted by atomic mass is 79.9. The topological polar surface area (TPSA) is 17.8 Å². The van der Waals surface area contributed by atoms with E-state index in [1.54, 1.807) is 0 Å². The summed E-state index contributed by atoms with van der Waals surface area (Å²) >= 11 is 3.73. The summed E-state index contributed by atoms with van der Waals surface area (Å²) in [6.45, 7) is 3.14. The Kier molecular flexibility index (Phi) is 4.06. The Labute approximate surface area is 107 Å². The summed E-state index contributed by atoms with van der Waals surface area (Å²) in [5.41, 5.74) is 1.56. The van der Waals surface area contributed by atoms with Gasteiger partial charge in [0.05, 0.1) is 5.69 Å². The number of aromatic nitrogens is 2. The van der Waals surface area contributed by atoms with Crippen LogP contribution >= 0.6 is 15.9 Å². The van der Waals surface area contributed by atoms with E-state index in [2.05, 4.69) is 44.9 Å². The molecule has 0 aromatic carbocycles. The molecular formula is C13H21BrN2. The van der Waals surface area contributed by atoms with Crippen LogP contribution in [0.4, 0.5) is 0 Å². The van der Waals surface area contributed by atoms with Crippen LogP contribution in [-0.4, -0.2) is 15.1 Å². The van der Waals surface area contributed by atoms with Crippen LogP contribution in [0.1, 0.15) is 44.2 Å². The summed E-state index contributed by atoms with van der Waals surface area (Å²) in [7, 11) is 0. The lowest BCUT2D eigenvalue weighted by Gasteiger charge is -2.30. The summed E-state index contributed by atoms with van der Waals surface area (Å²) in [5.74, 6) is 0. The van der Waals surface area contributed by atoms with E-state index >= 15 is 0 Å². The van der Waals surface area contributed by atoms with Crippen molar-refractivity contribution in [1.29, 1.82) is 0 Å². The third-order valence-corrected chi connectivity index (χ3v) is 4.91. The Hall–Kier alpha value is -0.310. The van der Waals surface area contributed by atoms with Gasteiger partial charge in [-0.05, 0) is 31.2 Å². The minimum Gasteiger partial charge on any atom is -0.272 e. The van der Waals surface area contributed by atoms with Gasteiger partial charge < -0.3 is 0 Å². The van der Waals surface area contributed by atoms with E-state index < -0.39 is 0 Å². The van der Waals surface area contributed by atoms with Crippen molar-refractivity contribution in [3.05, 3.63) is 18.0 Å². The SMILES string of the molecule is Cc1ccn(CC2(CBr)CCCCCC2)n1. The summed E-state index contributed by atoms with van der Waals surface area (Å²) in [5, 5.41) is 5.63. The maximum Gasteiger partial charge on any atom is 0.0593 e. The summed E-state index contributed by atoms with van der Waals surface area (Å²) < 4.78 is 2.13. The predicted octanol–water partition coefficient (Wildman–Crippen LogP) is 3.93. The third kappa shape index (κ3) is 2.88. The molecule has 0 bridgehead atoms. The molecular weight excluding hydrogens is 264 g/mol. The molecule has 1 heterocycles. The second kappa shape index (κ2) is 5.35. The first-order valence-corrected chi connectivity index (χ1v) is 7.42. The molecule has 16 heavy (non-hydrogen) atoms. The van der Waals surface area contributed by atoms with Crippen LogP contribution < -0.4 is 0 Å². The lowest BCUT2D eigenvalue weighted by Crippen LogP contribution is -2.28. The molecule has 0 spiro atoms. The zero-order valence-corrected chi connectivity index (χ0v) is 11.7. The molecule has 0 saturated heterocycles. The molecule has 1 saturated carbocycles. The van der Waals surface area contributed by atoms with Gasteiger partial charge in [-0.25, -0.2) is 0 Å². The zero-order valence-electron chi connectivity index (χ0n) is 10.1. The van der Waals surface area contributed by atoms with E-state index in [0.29, 0.717) is 5.41 Å². The van der Waals surface area contributed by atoms with Crippen LogP contribution in [0.2, 0.25) is 0 Å². The van der Waals surface area contributed by atoms with Gasteiger partial charge in [0.25, 0.3) is 0 Å². The molecule has 0 N–H and O–H groups in total. The third-order valence-electron chi connectivity index (χ3n) is 3.72.